The minimum absolute atomic E-state index is 0.000970. The van der Waals surface area contributed by atoms with E-state index in [4.69, 9.17) is 4.74 Å². The number of methoxy groups -OCH3 is 1. The Kier molecular flexibility index (Phi) is 6.59. The first-order valence-corrected chi connectivity index (χ1v) is 9.30. The number of aromatic nitrogens is 4. The Morgan fingerprint density at radius 2 is 1.96 bits per heavy atom. The highest BCUT2D eigenvalue weighted by Gasteiger charge is 2.15. The summed E-state index contributed by atoms with van der Waals surface area (Å²) in [6.07, 6.45) is 5.17. The van der Waals surface area contributed by atoms with E-state index in [1.54, 1.807) is 30.6 Å². The second-order valence-electron chi connectivity index (χ2n) is 5.59. The van der Waals surface area contributed by atoms with E-state index in [1.165, 1.54) is 24.9 Å². The van der Waals surface area contributed by atoms with Crippen LogP contribution in [0.5, 0.6) is 11.5 Å². The number of benzene rings is 1. The molecule has 0 spiro atoms. The van der Waals surface area contributed by atoms with E-state index < -0.39 is 6.61 Å². The molecule has 0 amide bonds. The SMILES string of the molecule is C=CCn1c(SCc2ccc(OC(F)F)c(OC)c2)nnc1-c1ccncc1. The number of ether oxygens (including phenoxy) is 2. The number of rotatable bonds is 9. The summed E-state index contributed by atoms with van der Waals surface area (Å²) in [6.45, 7) is 1.44. The summed E-state index contributed by atoms with van der Waals surface area (Å²) < 4.78 is 36.5. The quantitative estimate of drug-likeness (QED) is 0.388. The smallest absolute Gasteiger partial charge is 0.387 e. The molecule has 3 aromatic rings. The Balaban J connectivity index is 1.79. The van der Waals surface area contributed by atoms with Gasteiger partial charge in [-0.3, -0.25) is 9.55 Å². The maximum absolute atomic E-state index is 12.5. The van der Waals surface area contributed by atoms with Crippen molar-refractivity contribution in [2.45, 2.75) is 24.1 Å². The van der Waals surface area contributed by atoms with E-state index in [2.05, 4.69) is 26.5 Å². The van der Waals surface area contributed by atoms with Crippen LogP contribution < -0.4 is 9.47 Å². The predicted octanol–water partition coefficient (Wildman–Crippen LogP) is 4.43. The van der Waals surface area contributed by atoms with Gasteiger partial charge in [-0.05, 0) is 29.8 Å². The topological polar surface area (TPSA) is 62.1 Å². The van der Waals surface area contributed by atoms with Crippen molar-refractivity contribution >= 4 is 11.8 Å². The normalized spacial score (nSPS) is 10.9. The van der Waals surface area contributed by atoms with E-state index in [0.29, 0.717) is 12.3 Å². The van der Waals surface area contributed by atoms with Crippen LogP contribution in [0.1, 0.15) is 5.56 Å². The lowest BCUT2D eigenvalue weighted by atomic mass is 10.2. The van der Waals surface area contributed by atoms with Gasteiger partial charge in [-0.1, -0.05) is 23.9 Å². The van der Waals surface area contributed by atoms with E-state index >= 15 is 0 Å². The van der Waals surface area contributed by atoms with Gasteiger partial charge in [-0.25, -0.2) is 0 Å². The van der Waals surface area contributed by atoms with Crippen LogP contribution in [0.2, 0.25) is 0 Å². The van der Waals surface area contributed by atoms with Gasteiger partial charge in [0.05, 0.1) is 7.11 Å². The standard InChI is InChI=1S/C19H18F2N4O2S/c1-3-10-25-17(14-6-8-22-9-7-14)23-24-19(25)28-12-13-4-5-15(27-18(20)21)16(11-13)26-2/h3-9,11,18H,1,10,12H2,2H3. The number of pyridine rings is 1. The lowest BCUT2D eigenvalue weighted by Crippen LogP contribution is -2.04. The van der Waals surface area contributed by atoms with Gasteiger partial charge in [0.25, 0.3) is 0 Å². The molecule has 0 fully saturated rings. The van der Waals surface area contributed by atoms with Crippen LogP contribution in [0.3, 0.4) is 0 Å². The molecule has 0 bridgehead atoms. The molecule has 6 nitrogen and oxygen atoms in total. The van der Waals surface area contributed by atoms with Crippen LogP contribution >= 0.6 is 11.8 Å². The number of halogens is 2. The molecule has 0 saturated carbocycles. The molecule has 146 valence electrons. The largest absolute Gasteiger partial charge is 0.493 e. The van der Waals surface area contributed by atoms with Crippen LogP contribution in [-0.2, 0) is 12.3 Å². The highest BCUT2D eigenvalue weighted by atomic mass is 32.2. The molecule has 0 unspecified atom stereocenters. The summed E-state index contributed by atoms with van der Waals surface area (Å²) in [5.74, 6) is 1.53. The lowest BCUT2D eigenvalue weighted by molar-refractivity contribution is -0.0512. The summed E-state index contributed by atoms with van der Waals surface area (Å²) in [5, 5.41) is 9.29. The third-order valence-corrected chi connectivity index (χ3v) is 4.82. The average Bonchev–Trinajstić information content (AvgIpc) is 3.10. The van der Waals surface area contributed by atoms with Gasteiger partial charge in [0.1, 0.15) is 0 Å². The Morgan fingerprint density at radius 1 is 1.18 bits per heavy atom. The molecule has 0 aliphatic heterocycles. The summed E-state index contributed by atoms with van der Waals surface area (Å²) in [4.78, 5) is 4.02. The monoisotopic (exact) mass is 404 g/mol. The minimum atomic E-state index is -2.90. The first-order valence-electron chi connectivity index (χ1n) is 8.31. The molecular weight excluding hydrogens is 386 g/mol. The van der Waals surface area contributed by atoms with Crippen LogP contribution in [-0.4, -0.2) is 33.5 Å². The molecule has 0 N–H and O–H groups in total. The van der Waals surface area contributed by atoms with E-state index in [9.17, 15) is 8.78 Å². The molecule has 2 heterocycles. The molecule has 0 atom stereocenters. The maximum Gasteiger partial charge on any atom is 0.387 e. The van der Waals surface area contributed by atoms with Crippen molar-refractivity contribution < 1.29 is 18.3 Å². The van der Waals surface area contributed by atoms with Crippen molar-refractivity contribution in [2.75, 3.05) is 7.11 Å². The number of nitrogens with zero attached hydrogens (tertiary/aromatic N) is 4. The Labute approximate surface area is 165 Å². The fraction of sp³-hybridized carbons (Fsp3) is 0.211. The Bertz CT molecular complexity index is 935. The molecule has 9 heteroatoms. The number of hydrogen-bond acceptors (Lipinski definition) is 6. The van der Waals surface area contributed by atoms with E-state index in [0.717, 1.165) is 22.1 Å². The molecule has 2 aromatic heterocycles. The van der Waals surface area contributed by atoms with Gasteiger partial charge in [0.2, 0.25) is 0 Å². The van der Waals surface area contributed by atoms with Crippen LogP contribution in [0, 0.1) is 0 Å². The second-order valence-corrected chi connectivity index (χ2v) is 6.54. The third-order valence-electron chi connectivity index (χ3n) is 3.78. The van der Waals surface area contributed by atoms with Crippen LogP contribution in [0.4, 0.5) is 8.78 Å². The zero-order chi connectivity index (χ0) is 19.9. The summed E-state index contributed by atoms with van der Waals surface area (Å²) >= 11 is 1.48. The lowest BCUT2D eigenvalue weighted by Gasteiger charge is -2.11. The summed E-state index contributed by atoms with van der Waals surface area (Å²) in [5.41, 5.74) is 1.79. The predicted molar refractivity (Wildman–Crippen MR) is 103 cm³/mol. The van der Waals surface area contributed by atoms with Crippen molar-refractivity contribution in [2.24, 2.45) is 0 Å². The molecule has 1 aromatic carbocycles. The van der Waals surface area contributed by atoms with Crippen molar-refractivity contribution in [3.05, 3.63) is 60.9 Å². The van der Waals surface area contributed by atoms with Crippen molar-refractivity contribution in [1.82, 2.24) is 19.7 Å². The Morgan fingerprint density at radius 3 is 2.64 bits per heavy atom. The van der Waals surface area contributed by atoms with Gasteiger partial charge in [-0.15, -0.1) is 16.8 Å². The summed E-state index contributed by atoms with van der Waals surface area (Å²) in [7, 11) is 1.41. The number of alkyl halides is 2. The molecule has 3 rings (SSSR count). The number of thioether (sulfide) groups is 1. The molecule has 0 radical (unpaired) electrons. The molecule has 0 aliphatic carbocycles. The minimum Gasteiger partial charge on any atom is -0.493 e. The van der Waals surface area contributed by atoms with Crippen LogP contribution in [0.15, 0.2) is 60.5 Å². The highest BCUT2D eigenvalue weighted by molar-refractivity contribution is 7.98. The number of allylic oxidation sites excluding steroid dienone is 1. The fourth-order valence-corrected chi connectivity index (χ4v) is 3.44. The first-order chi connectivity index (χ1) is 13.6. The van der Waals surface area contributed by atoms with Gasteiger partial charge >= 0.3 is 6.61 Å². The van der Waals surface area contributed by atoms with Gasteiger partial charge in [0, 0.05) is 30.3 Å². The fourth-order valence-electron chi connectivity index (χ4n) is 2.55. The van der Waals surface area contributed by atoms with Crippen LogP contribution in [0.25, 0.3) is 11.4 Å². The number of hydrogen-bond donors (Lipinski definition) is 0. The Hall–Kier alpha value is -2.94. The molecule has 28 heavy (non-hydrogen) atoms. The van der Waals surface area contributed by atoms with Crippen molar-refractivity contribution in [1.29, 1.82) is 0 Å². The van der Waals surface area contributed by atoms with Gasteiger partial charge < -0.3 is 9.47 Å². The zero-order valence-corrected chi connectivity index (χ0v) is 15.9. The molecular formula is C19H18F2N4O2S. The average molecular weight is 404 g/mol. The first kappa shape index (κ1) is 19.8. The van der Waals surface area contributed by atoms with Gasteiger partial charge in [0.15, 0.2) is 22.5 Å². The zero-order valence-electron chi connectivity index (χ0n) is 15.1. The van der Waals surface area contributed by atoms with E-state index in [1.807, 2.05) is 16.7 Å². The van der Waals surface area contributed by atoms with Gasteiger partial charge in [-0.2, -0.15) is 8.78 Å². The van der Waals surface area contributed by atoms with Crippen molar-refractivity contribution in [3.63, 3.8) is 0 Å². The third kappa shape index (κ3) is 4.66. The second kappa shape index (κ2) is 9.32. The summed E-state index contributed by atoms with van der Waals surface area (Å²) in [6, 6.07) is 8.58. The van der Waals surface area contributed by atoms with Crippen molar-refractivity contribution in [3.8, 4) is 22.9 Å². The highest BCUT2D eigenvalue weighted by Crippen LogP contribution is 2.32. The molecule has 0 aliphatic rings. The maximum atomic E-state index is 12.5. The molecule has 0 saturated heterocycles. The van der Waals surface area contributed by atoms with E-state index in [-0.39, 0.29) is 11.5 Å².